The summed E-state index contributed by atoms with van der Waals surface area (Å²) in [5.74, 6) is -0.0990. The van der Waals surface area contributed by atoms with Crippen molar-refractivity contribution in [3.8, 4) is 11.5 Å². The summed E-state index contributed by atoms with van der Waals surface area (Å²) in [4.78, 5) is 29.2. The van der Waals surface area contributed by atoms with E-state index in [0.717, 1.165) is 26.6 Å². The molecule has 0 saturated heterocycles. The van der Waals surface area contributed by atoms with Gasteiger partial charge < -0.3 is 15.2 Å². The number of hydrogen-bond acceptors (Lipinski definition) is 4. The molecule has 1 atom stereocenters. The average molecular weight is 603 g/mol. The van der Waals surface area contributed by atoms with Gasteiger partial charge in [-0.25, -0.2) is 4.79 Å². The second-order valence-corrected chi connectivity index (χ2v) is 11.3. The molecule has 1 unspecified atom stereocenters. The molecule has 44 heavy (non-hydrogen) atoms. The van der Waals surface area contributed by atoms with Crippen LogP contribution in [0.5, 0.6) is 11.5 Å². The van der Waals surface area contributed by atoms with Gasteiger partial charge in [0, 0.05) is 22.0 Å². The molecule has 0 fully saturated rings. The normalized spacial score (nSPS) is 11.4. The SMILES string of the molecule is CCC(C(=O)O)c1ccc(Sc2cccc(N(CCc3ccccc3)C(=O)Nc3ccccc3Oc3ccccc3)c2)cc1. The number of nitrogens with zero attached hydrogens (tertiary/aromatic N) is 1. The zero-order valence-electron chi connectivity index (χ0n) is 24.4. The van der Waals surface area contributed by atoms with E-state index in [1.807, 2.05) is 128 Å². The van der Waals surface area contributed by atoms with Gasteiger partial charge in [-0.15, -0.1) is 0 Å². The molecule has 0 saturated carbocycles. The maximum atomic E-state index is 13.9. The molecule has 222 valence electrons. The van der Waals surface area contributed by atoms with E-state index in [9.17, 15) is 14.7 Å². The highest BCUT2D eigenvalue weighted by Gasteiger charge is 2.20. The van der Waals surface area contributed by atoms with Gasteiger partial charge >= 0.3 is 12.0 Å². The molecule has 0 bridgehead atoms. The predicted octanol–water partition coefficient (Wildman–Crippen LogP) is 9.49. The molecule has 6 nitrogen and oxygen atoms in total. The molecule has 2 N–H and O–H groups in total. The number of nitrogens with one attached hydrogen (secondary N) is 1. The number of carbonyl (C=O) groups is 2. The van der Waals surface area contributed by atoms with Crippen LogP contribution in [-0.4, -0.2) is 23.7 Å². The lowest BCUT2D eigenvalue weighted by Crippen LogP contribution is -2.36. The number of aliphatic carboxylic acids is 1. The third-order valence-electron chi connectivity index (χ3n) is 7.17. The van der Waals surface area contributed by atoms with Gasteiger partial charge in [-0.1, -0.05) is 97.5 Å². The number of carboxylic acid groups (broad SMARTS) is 1. The Bertz CT molecular complexity index is 1680. The molecule has 0 radical (unpaired) electrons. The van der Waals surface area contributed by atoms with E-state index in [2.05, 4.69) is 17.4 Å². The lowest BCUT2D eigenvalue weighted by atomic mass is 9.97. The van der Waals surface area contributed by atoms with Crippen molar-refractivity contribution in [2.45, 2.75) is 35.5 Å². The Hall–Kier alpha value is -5.01. The molecule has 5 rings (SSSR count). The van der Waals surface area contributed by atoms with Gasteiger partial charge in [0.1, 0.15) is 5.75 Å². The number of ether oxygens (including phenoxy) is 1. The Balaban J connectivity index is 1.37. The number of urea groups is 1. The molecular weight excluding hydrogens is 568 g/mol. The average Bonchev–Trinajstić information content (AvgIpc) is 3.04. The van der Waals surface area contributed by atoms with Gasteiger partial charge in [-0.05, 0) is 78.6 Å². The van der Waals surface area contributed by atoms with E-state index >= 15 is 0 Å². The molecule has 5 aromatic carbocycles. The van der Waals surface area contributed by atoms with Crippen molar-refractivity contribution in [3.05, 3.63) is 145 Å². The van der Waals surface area contributed by atoms with Crippen molar-refractivity contribution in [1.29, 1.82) is 0 Å². The minimum absolute atomic E-state index is 0.268. The first-order valence-corrected chi connectivity index (χ1v) is 15.4. The Morgan fingerprint density at radius 1 is 0.795 bits per heavy atom. The maximum absolute atomic E-state index is 13.9. The van der Waals surface area contributed by atoms with Crippen LogP contribution in [0, 0.1) is 0 Å². The van der Waals surface area contributed by atoms with Crippen molar-refractivity contribution < 1.29 is 19.4 Å². The van der Waals surface area contributed by atoms with E-state index in [0.29, 0.717) is 36.6 Å². The van der Waals surface area contributed by atoms with Crippen LogP contribution >= 0.6 is 11.8 Å². The molecule has 0 aromatic heterocycles. The predicted molar refractivity (Wildman–Crippen MR) is 177 cm³/mol. The van der Waals surface area contributed by atoms with Crippen molar-refractivity contribution in [1.82, 2.24) is 0 Å². The molecule has 0 spiro atoms. The summed E-state index contributed by atoms with van der Waals surface area (Å²) in [6.45, 7) is 2.34. The Kier molecular flexibility index (Phi) is 10.3. The zero-order valence-corrected chi connectivity index (χ0v) is 25.2. The summed E-state index contributed by atoms with van der Waals surface area (Å²) in [6.07, 6.45) is 1.21. The van der Waals surface area contributed by atoms with Gasteiger partial charge in [-0.2, -0.15) is 0 Å². The van der Waals surface area contributed by atoms with E-state index in [1.54, 1.807) is 16.7 Å². The summed E-state index contributed by atoms with van der Waals surface area (Å²) in [5.41, 5.74) is 3.26. The number of para-hydroxylation sites is 3. The van der Waals surface area contributed by atoms with Crippen LogP contribution in [0.15, 0.2) is 143 Å². The number of hydrogen-bond donors (Lipinski definition) is 2. The van der Waals surface area contributed by atoms with E-state index in [-0.39, 0.29) is 6.03 Å². The van der Waals surface area contributed by atoms with E-state index in [4.69, 9.17) is 4.74 Å². The fourth-order valence-electron chi connectivity index (χ4n) is 4.86. The second-order valence-electron chi connectivity index (χ2n) is 10.2. The summed E-state index contributed by atoms with van der Waals surface area (Å²) in [6, 6.07) is 42.2. The van der Waals surface area contributed by atoms with Crippen LogP contribution in [0.25, 0.3) is 0 Å². The Labute approximate surface area is 262 Å². The Morgan fingerprint density at radius 3 is 2.18 bits per heavy atom. The van der Waals surface area contributed by atoms with Gasteiger partial charge in [0.25, 0.3) is 0 Å². The number of rotatable bonds is 12. The van der Waals surface area contributed by atoms with Crippen molar-refractivity contribution in [2.24, 2.45) is 0 Å². The summed E-state index contributed by atoms with van der Waals surface area (Å²) in [7, 11) is 0. The maximum Gasteiger partial charge on any atom is 0.326 e. The van der Waals surface area contributed by atoms with Crippen molar-refractivity contribution in [3.63, 3.8) is 0 Å². The van der Waals surface area contributed by atoms with Gasteiger partial charge in [0.05, 0.1) is 11.6 Å². The minimum atomic E-state index is -0.816. The number of benzene rings is 5. The third-order valence-corrected chi connectivity index (χ3v) is 8.16. The quantitative estimate of drug-likeness (QED) is 0.149. The van der Waals surface area contributed by atoms with Gasteiger partial charge in [0.15, 0.2) is 5.75 Å². The minimum Gasteiger partial charge on any atom is -0.481 e. The fraction of sp³-hybridized carbons (Fsp3) is 0.135. The van der Waals surface area contributed by atoms with Gasteiger partial charge in [-0.3, -0.25) is 9.69 Å². The van der Waals surface area contributed by atoms with Crippen LogP contribution in [0.3, 0.4) is 0 Å². The van der Waals surface area contributed by atoms with E-state index < -0.39 is 11.9 Å². The van der Waals surface area contributed by atoms with Gasteiger partial charge in [0.2, 0.25) is 0 Å². The molecule has 5 aromatic rings. The highest BCUT2D eigenvalue weighted by Crippen LogP contribution is 2.33. The van der Waals surface area contributed by atoms with Crippen LogP contribution in [0.2, 0.25) is 0 Å². The van der Waals surface area contributed by atoms with Crippen LogP contribution in [0.1, 0.15) is 30.4 Å². The standard InChI is InChI=1S/C37H34N2O4S/c1-2-33(36(40)41)28-20-22-31(23-21-28)44-32-17-11-14-29(26-32)39(25-24-27-12-5-3-6-13-27)37(42)38-34-18-9-10-19-35(34)43-30-15-7-4-8-16-30/h3-23,26,33H,2,24-25H2,1H3,(H,38,42)(H,40,41). The number of carboxylic acids is 1. The highest BCUT2D eigenvalue weighted by molar-refractivity contribution is 7.99. The lowest BCUT2D eigenvalue weighted by molar-refractivity contribution is -0.138. The first kappa shape index (κ1) is 30.4. The van der Waals surface area contributed by atoms with Crippen LogP contribution in [0.4, 0.5) is 16.2 Å². The highest BCUT2D eigenvalue weighted by atomic mass is 32.2. The Morgan fingerprint density at radius 2 is 1.48 bits per heavy atom. The smallest absolute Gasteiger partial charge is 0.326 e. The van der Waals surface area contributed by atoms with Crippen molar-refractivity contribution in [2.75, 3.05) is 16.8 Å². The molecule has 7 heteroatoms. The second kappa shape index (κ2) is 14.9. The topological polar surface area (TPSA) is 78.9 Å². The molecule has 0 heterocycles. The molecule has 0 aliphatic heterocycles. The number of anilines is 2. The molecule has 0 aliphatic rings. The summed E-state index contributed by atoms with van der Waals surface area (Å²) < 4.78 is 6.08. The fourth-order valence-corrected chi connectivity index (χ4v) is 5.73. The largest absolute Gasteiger partial charge is 0.481 e. The first-order valence-electron chi connectivity index (χ1n) is 14.5. The summed E-state index contributed by atoms with van der Waals surface area (Å²) in [5, 5.41) is 12.6. The van der Waals surface area contributed by atoms with Crippen LogP contribution in [-0.2, 0) is 11.2 Å². The molecular formula is C37H34N2O4S. The van der Waals surface area contributed by atoms with Crippen molar-refractivity contribution >= 4 is 35.1 Å². The molecule has 0 aliphatic carbocycles. The van der Waals surface area contributed by atoms with E-state index in [1.165, 1.54) is 0 Å². The molecule has 2 amide bonds. The summed E-state index contributed by atoms with van der Waals surface area (Å²) >= 11 is 1.56. The zero-order chi connectivity index (χ0) is 30.7. The number of amides is 2. The first-order chi connectivity index (χ1) is 21.5. The lowest BCUT2D eigenvalue weighted by Gasteiger charge is -2.24. The van der Waals surface area contributed by atoms with Crippen LogP contribution < -0.4 is 15.0 Å². The monoisotopic (exact) mass is 602 g/mol. The third kappa shape index (κ3) is 8.08. The number of carbonyl (C=O) groups excluding carboxylic acids is 1.